The highest BCUT2D eigenvalue weighted by Crippen LogP contribution is 2.32. The van der Waals surface area contributed by atoms with Crippen LogP contribution in [-0.2, 0) is 11.3 Å². The van der Waals surface area contributed by atoms with Gasteiger partial charge in [0.15, 0.2) is 0 Å². The maximum absolute atomic E-state index is 14.0. The quantitative estimate of drug-likeness (QED) is 0.690. The van der Waals surface area contributed by atoms with Gasteiger partial charge in [0.05, 0.1) is 5.69 Å². The maximum Gasteiger partial charge on any atom is 0.225 e. The number of carbonyl (C=O) groups is 1. The van der Waals surface area contributed by atoms with Crippen molar-refractivity contribution in [3.8, 4) is 5.69 Å². The Bertz CT molecular complexity index is 975. The molecule has 1 aliphatic carbocycles. The van der Waals surface area contributed by atoms with Crippen LogP contribution in [0.4, 0.5) is 4.39 Å². The first-order chi connectivity index (χ1) is 12.6. The van der Waals surface area contributed by atoms with Gasteiger partial charge in [0.1, 0.15) is 11.5 Å². The van der Waals surface area contributed by atoms with Gasteiger partial charge in [-0.05, 0) is 68.7 Å². The maximum atomic E-state index is 14.0. The number of benzene rings is 1. The third-order valence-electron chi connectivity index (χ3n) is 4.96. The number of hydrogen-bond donors (Lipinski definition) is 0. The lowest BCUT2D eigenvalue weighted by Gasteiger charge is -2.23. The van der Waals surface area contributed by atoms with Gasteiger partial charge >= 0.3 is 0 Å². The number of pyridine rings is 1. The Morgan fingerprint density at radius 1 is 1.27 bits per heavy atom. The molecular weight excluding hydrogens is 329 g/mol. The third-order valence-corrected chi connectivity index (χ3v) is 4.96. The van der Waals surface area contributed by atoms with Crippen molar-refractivity contribution in [3.05, 3.63) is 59.7 Å². The van der Waals surface area contributed by atoms with E-state index in [1.165, 1.54) is 12.1 Å². The van der Waals surface area contributed by atoms with Crippen LogP contribution in [0.5, 0.6) is 0 Å². The van der Waals surface area contributed by atoms with E-state index in [1.54, 1.807) is 6.07 Å². The molecule has 4 rings (SSSR count). The zero-order valence-corrected chi connectivity index (χ0v) is 15.1. The van der Waals surface area contributed by atoms with Crippen LogP contribution in [0.2, 0.25) is 0 Å². The summed E-state index contributed by atoms with van der Waals surface area (Å²) >= 11 is 0. The van der Waals surface area contributed by atoms with Gasteiger partial charge in [-0.2, -0.15) is 0 Å². The molecule has 5 heteroatoms. The van der Waals surface area contributed by atoms with Gasteiger partial charge in [-0.3, -0.25) is 4.79 Å². The number of aromatic nitrogens is 2. The summed E-state index contributed by atoms with van der Waals surface area (Å²) < 4.78 is 15.9. The summed E-state index contributed by atoms with van der Waals surface area (Å²) in [6.45, 7) is 4.95. The number of fused-ring (bicyclic) bond motifs is 1. The second-order valence-corrected chi connectivity index (χ2v) is 6.95. The van der Waals surface area contributed by atoms with E-state index < -0.39 is 0 Å². The average molecular weight is 351 g/mol. The van der Waals surface area contributed by atoms with Crippen LogP contribution in [0.15, 0.2) is 42.6 Å². The van der Waals surface area contributed by atoms with E-state index in [4.69, 9.17) is 0 Å². The van der Waals surface area contributed by atoms with Crippen molar-refractivity contribution in [1.29, 1.82) is 0 Å². The van der Waals surface area contributed by atoms with Crippen molar-refractivity contribution in [2.45, 2.75) is 33.2 Å². The first-order valence-electron chi connectivity index (χ1n) is 9.09. The molecule has 1 saturated carbocycles. The number of carbonyl (C=O) groups excluding carboxylic acids is 1. The van der Waals surface area contributed by atoms with Gasteiger partial charge in [-0.25, -0.2) is 9.37 Å². The Morgan fingerprint density at radius 3 is 2.81 bits per heavy atom. The van der Waals surface area contributed by atoms with Crippen molar-refractivity contribution in [1.82, 2.24) is 14.5 Å². The van der Waals surface area contributed by atoms with E-state index in [0.29, 0.717) is 13.1 Å². The zero-order chi connectivity index (χ0) is 18.3. The Hall–Kier alpha value is -2.69. The van der Waals surface area contributed by atoms with Gasteiger partial charge in [-0.15, -0.1) is 0 Å². The van der Waals surface area contributed by atoms with Gasteiger partial charge in [0.2, 0.25) is 5.91 Å². The smallest absolute Gasteiger partial charge is 0.225 e. The van der Waals surface area contributed by atoms with Crippen molar-refractivity contribution >= 4 is 16.9 Å². The van der Waals surface area contributed by atoms with E-state index in [0.717, 1.165) is 40.8 Å². The second-order valence-electron chi connectivity index (χ2n) is 6.95. The molecule has 0 spiro atoms. The molecule has 0 N–H and O–H groups in total. The minimum atomic E-state index is -0.292. The standard InChI is InChI=1S/C21H22FN3O/c1-3-24(21(26)16-6-7-16)13-17-12-18(22)8-9-19(17)25-11-10-15-5-4-14(2)23-20(15)25/h4-5,8-12,16H,3,6-7,13H2,1-2H3. The summed E-state index contributed by atoms with van der Waals surface area (Å²) in [7, 11) is 0. The number of amides is 1. The molecule has 1 aromatic carbocycles. The van der Waals surface area contributed by atoms with Crippen LogP contribution in [0.1, 0.15) is 31.0 Å². The van der Waals surface area contributed by atoms with Crippen molar-refractivity contribution < 1.29 is 9.18 Å². The highest BCUT2D eigenvalue weighted by Gasteiger charge is 2.33. The Labute approximate surface area is 152 Å². The summed E-state index contributed by atoms with van der Waals surface area (Å²) in [5, 5.41) is 1.03. The highest BCUT2D eigenvalue weighted by molar-refractivity contribution is 5.81. The monoisotopic (exact) mass is 351 g/mol. The second kappa shape index (κ2) is 6.56. The van der Waals surface area contributed by atoms with E-state index >= 15 is 0 Å². The minimum Gasteiger partial charge on any atom is -0.338 e. The first kappa shape index (κ1) is 16.8. The third kappa shape index (κ3) is 3.09. The number of halogens is 1. The molecule has 0 unspecified atom stereocenters. The lowest BCUT2D eigenvalue weighted by Crippen LogP contribution is -2.32. The highest BCUT2D eigenvalue weighted by atomic mass is 19.1. The lowest BCUT2D eigenvalue weighted by atomic mass is 10.1. The normalized spacial score (nSPS) is 14.0. The average Bonchev–Trinajstić information content (AvgIpc) is 3.40. The van der Waals surface area contributed by atoms with E-state index in [9.17, 15) is 9.18 Å². The Morgan fingerprint density at radius 2 is 2.08 bits per heavy atom. The van der Waals surface area contributed by atoms with Gasteiger partial charge < -0.3 is 9.47 Å². The van der Waals surface area contributed by atoms with Crippen molar-refractivity contribution in [3.63, 3.8) is 0 Å². The molecule has 4 nitrogen and oxygen atoms in total. The number of rotatable bonds is 5. The molecule has 26 heavy (non-hydrogen) atoms. The molecule has 0 atom stereocenters. The molecule has 2 heterocycles. The molecule has 0 radical (unpaired) electrons. The summed E-state index contributed by atoms with van der Waals surface area (Å²) in [4.78, 5) is 19.0. The van der Waals surface area contributed by atoms with Crippen molar-refractivity contribution in [2.75, 3.05) is 6.54 Å². The lowest BCUT2D eigenvalue weighted by molar-refractivity contribution is -0.132. The van der Waals surface area contributed by atoms with Crippen LogP contribution in [-0.4, -0.2) is 26.9 Å². The van der Waals surface area contributed by atoms with E-state index in [-0.39, 0.29) is 17.6 Å². The predicted octanol–water partition coefficient (Wildman–Crippen LogP) is 4.23. The minimum absolute atomic E-state index is 0.156. The number of hydrogen-bond acceptors (Lipinski definition) is 2. The SMILES string of the molecule is CCN(Cc1cc(F)ccc1-n1ccc2ccc(C)nc21)C(=O)C1CC1. The number of nitrogens with zero attached hydrogens (tertiary/aromatic N) is 3. The van der Waals surface area contributed by atoms with E-state index in [1.807, 2.05) is 47.7 Å². The Kier molecular flexibility index (Phi) is 4.23. The van der Waals surface area contributed by atoms with E-state index in [2.05, 4.69) is 4.98 Å². The molecule has 0 saturated heterocycles. The fourth-order valence-corrected chi connectivity index (χ4v) is 3.35. The van der Waals surface area contributed by atoms with Crippen LogP contribution >= 0.6 is 0 Å². The molecule has 134 valence electrons. The first-order valence-corrected chi connectivity index (χ1v) is 9.09. The van der Waals surface area contributed by atoms with Crippen LogP contribution in [0.3, 0.4) is 0 Å². The van der Waals surface area contributed by atoms with Crippen LogP contribution in [0.25, 0.3) is 16.7 Å². The predicted molar refractivity (Wildman–Crippen MR) is 99.6 cm³/mol. The fourth-order valence-electron chi connectivity index (χ4n) is 3.35. The molecule has 1 aliphatic rings. The van der Waals surface area contributed by atoms with Gasteiger partial charge in [-0.1, -0.05) is 0 Å². The zero-order valence-electron chi connectivity index (χ0n) is 15.1. The topological polar surface area (TPSA) is 38.1 Å². The van der Waals surface area contributed by atoms with Gasteiger partial charge in [0.25, 0.3) is 0 Å². The summed E-state index contributed by atoms with van der Waals surface area (Å²) in [5.41, 5.74) is 3.43. The largest absolute Gasteiger partial charge is 0.338 e. The van der Waals surface area contributed by atoms with Gasteiger partial charge in [0, 0.05) is 36.3 Å². The molecule has 3 aromatic rings. The molecule has 2 aromatic heterocycles. The molecule has 1 amide bonds. The fraction of sp³-hybridized carbons (Fsp3) is 0.333. The molecule has 0 bridgehead atoms. The molecular formula is C21H22FN3O. The number of aryl methyl sites for hydroxylation is 1. The Balaban J connectivity index is 1.76. The summed E-state index contributed by atoms with van der Waals surface area (Å²) in [5.74, 6) is 0.0389. The summed E-state index contributed by atoms with van der Waals surface area (Å²) in [6.07, 6.45) is 3.89. The summed E-state index contributed by atoms with van der Waals surface area (Å²) in [6, 6.07) is 10.8. The van der Waals surface area contributed by atoms with Crippen LogP contribution in [0, 0.1) is 18.7 Å². The van der Waals surface area contributed by atoms with Crippen molar-refractivity contribution in [2.24, 2.45) is 5.92 Å². The molecule has 0 aliphatic heterocycles. The molecule has 1 fully saturated rings. The van der Waals surface area contributed by atoms with Crippen LogP contribution < -0.4 is 0 Å².